The molecular formula is C27H31N3O2. The number of anilines is 2. The van der Waals surface area contributed by atoms with Crippen molar-refractivity contribution >= 4 is 17.3 Å². The summed E-state index contributed by atoms with van der Waals surface area (Å²) in [6, 6.07) is 17.4. The van der Waals surface area contributed by atoms with Gasteiger partial charge in [0.05, 0.1) is 5.56 Å². The van der Waals surface area contributed by atoms with Gasteiger partial charge in [-0.05, 0) is 78.4 Å². The van der Waals surface area contributed by atoms with E-state index in [9.17, 15) is 9.90 Å². The molecule has 1 aliphatic heterocycles. The maximum Gasteiger partial charge on any atom is 0.336 e. The van der Waals surface area contributed by atoms with Crippen LogP contribution in [0.1, 0.15) is 64.8 Å². The fraction of sp³-hybridized carbons (Fsp3) is 0.333. The van der Waals surface area contributed by atoms with Crippen molar-refractivity contribution in [2.75, 3.05) is 19.0 Å². The molecule has 0 bridgehead atoms. The van der Waals surface area contributed by atoms with E-state index in [0.29, 0.717) is 17.9 Å². The van der Waals surface area contributed by atoms with Crippen LogP contribution >= 0.6 is 0 Å². The number of nitrogens with zero attached hydrogens (tertiary/aromatic N) is 3. The Labute approximate surface area is 190 Å². The molecule has 0 aliphatic carbocycles. The quantitative estimate of drug-likeness (QED) is 0.515. The Kier molecular flexibility index (Phi) is 6.28. The summed E-state index contributed by atoms with van der Waals surface area (Å²) in [4.78, 5) is 20.2. The third-order valence-corrected chi connectivity index (χ3v) is 6.59. The molecule has 1 atom stereocenters. The molecule has 5 heteroatoms. The minimum Gasteiger partial charge on any atom is -0.478 e. The molecule has 1 aliphatic rings. The Morgan fingerprint density at radius 3 is 2.56 bits per heavy atom. The molecule has 166 valence electrons. The van der Waals surface area contributed by atoms with Crippen LogP contribution in [0, 0.1) is 0 Å². The lowest BCUT2D eigenvalue weighted by molar-refractivity contribution is 0.0695. The average molecular weight is 430 g/mol. The lowest BCUT2D eigenvalue weighted by Crippen LogP contribution is -2.17. The Balaban J connectivity index is 1.51. The van der Waals surface area contributed by atoms with Gasteiger partial charge in [-0.25, -0.2) is 4.79 Å². The van der Waals surface area contributed by atoms with Gasteiger partial charge in [-0.3, -0.25) is 9.88 Å². The predicted molar refractivity (Wildman–Crippen MR) is 129 cm³/mol. The number of hydrogen-bond donors (Lipinski definition) is 1. The number of aryl methyl sites for hydroxylation is 1. The van der Waals surface area contributed by atoms with Crippen molar-refractivity contribution in [2.45, 2.75) is 45.2 Å². The van der Waals surface area contributed by atoms with E-state index in [2.05, 4.69) is 85.2 Å². The Morgan fingerprint density at radius 2 is 1.88 bits per heavy atom. The number of pyridine rings is 1. The number of fused-ring (bicyclic) bond motifs is 1. The summed E-state index contributed by atoms with van der Waals surface area (Å²) in [7, 11) is 4.25. The molecule has 32 heavy (non-hydrogen) atoms. The first kappa shape index (κ1) is 22.0. The third kappa shape index (κ3) is 4.39. The van der Waals surface area contributed by atoms with Crippen LogP contribution < -0.4 is 4.90 Å². The van der Waals surface area contributed by atoms with Crippen molar-refractivity contribution in [2.24, 2.45) is 0 Å². The monoisotopic (exact) mass is 429 g/mol. The summed E-state index contributed by atoms with van der Waals surface area (Å²) in [5, 5.41) is 9.44. The summed E-state index contributed by atoms with van der Waals surface area (Å²) in [5.74, 6) is -0.364. The number of benzene rings is 2. The van der Waals surface area contributed by atoms with Crippen LogP contribution in [-0.2, 0) is 13.0 Å². The van der Waals surface area contributed by atoms with Crippen molar-refractivity contribution in [1.82, 2.24) is 9.88 Å². The van der Waals surface area contributed by atoms with Gasteiger partial charge in [-0.2, -0.15) is 0 Å². The minimum absolute atomic E-state index is 0.275. The Bertz CT molecular complexity index is 1110. The number of carbonyl (C=O) groups is 1. The molecule has 0 radical (unpaired) electrons. The fourth-order valence-electron chi connectivity index (χ4n) is 4.61. The third-order valence-electron chi connectivity index (χ3n) is 6.59. The first-order valence-electron chi connectivity index (χ1n) is 11.2. The van der Waals surface area contributed by atoms with E-state index in [1.54, 1.807) is 18.5 Å². The molecule has 0 saturated heterocycles. The fourth-order valence-corrected chi connectivity index (χ4v) is 4.61. The van der Waals surface area contributed by atoms with E-state index >= 15 is 0 Å². The average Bonchev–Trinajstić information content (AvgIpc) is 3.11. The zero-order valence-corrected chi connectivity index (χ0v) is 19.2. The van der Waals surface area contributed by atoms with Gasteiger partial charge in [0.1, 0.15) is 0 Å². The molecule has 0 unspecified atom stereocenters. The molecule has 1 N–H and O–H groups in total. The van der Waals surface area contributed by atoms with Gasteiger partial charge in [0.25, 0.3) is 0 Å². The van der Waals surface area contributed by atoms with Crippen molar-refractivity contribution in [1.29, 1.82) is 0 Å². The molecular weight excluding hydrogens is 398 g/mol. The van der Waals surface area contributed by atoms with Crippen LogP contribution in [-0.4, -0.2) is 35.1 Å². The summed E-state index contributed by atoms with van der Waals surface area (Å²) in [6.45, 7) is 5.32. The van der Waals surface area contributed by atoms with Gasteiger partial charge >= 0.3 is 5.97 Å². The highest BCUT2D eigenvalue weighted by molar-refractivity contribution is 5.89. The van der Waals surface area contributed by atoms with Crippen molar-refractivity contribution < 1.29 is 9.90 Å². The standard InChI is InChI=1S/C27H31N3O2/c1-18(2)19-5-8-22(9-6-19)30(4)23-10-11-24-21(15-23)17-29(3)26(24)12-7-20-16-28-14-13-25(20)27(31)32/h5-6,8-11,13-16,18,26H,7,12,17H2,1-4H3,(H,31,32)/t26-/m1/s1. The van der Waals surface area contributed by atoms with Gasteiger partial charge in [0.15, 0.2) is 0 Å². The normalized spacial score (nSPS) is 15.7. The largest absolute Gasteiger partial charge is 0.478 e. The van der Waals surface area contributed by atoms with Gasteiger partial charge in [0.2, 0.25) is 0 Å². The highest BCUT2D eigenvalue weighted by Gasteiger charge is 2.28. The summed E-state index contributed by atoms with van der Waals surface area (Å²) in [6.07, 6.45) is 4.77. The van der Waals surface area contributed by atoms with Gasteiger partial charge in [0, 0.05) is 43.4 Å². The number of carboxylic acid groups (broad SMARTS) is 1. The van der Waals surface area contributed by atoms with Crippen molar-refractivity contribution in [3.8, 4) is 0 Å². The number of aromatic nitrogens is 1. The first-order chi connectivity index (χ1) is 15.3. The smallest absolute Gasteiger partial charge is 0.336 e. The topological polar surface area (TPSA) is 56.7 Å². The first-order valence-corrected chi connectivity index (χ1v) is 11.2. The zero-order valence-electron chi connectivity index (χ0n) is 19.2. The van der Waals surface area contributed by atoms with Crippen LogP contribution in [0.3, 0.4) is 0 Å². The maximum absolute atomic E-state index is 11.5. The molecule has 4 rings (SSSR count). The molecule has 3 aromatic rings. The molecule has 0 amide bonds. The number of rotatable bonds is 7. The SMILES string of the molecule is CC(C)c1ccc(N(C)c2ccc3c(c2)CN(C)[C@@H]3CCc2cnccc2C(=O)O)cc1. The summed E-state index contributed by atoms with van der Waals surface area (Å²) >= 11 is 0. The van der Waals surface area contributed by atoms with Gasteiger partial charge in [-0.15, -0.1) is 0 Å². The van der Waals surface area contributed by atoms with Crippen LogP contribution in [0.4, 0.5) is 11.4 Å². The summed E-state index contributed by atoms with van der Waals surface area (Å²) < 4.78 is 0. The lowest BCUT2D eigenvalue weighted by atomic mass is 9.96. The van der Waals surface area contributed by atoms with Crippen LogP contribution in [0.5, 0.6) is 0 Å². The van der Waals surface area contributed by atoms with Crippen LogP contribution in [0.25, 0.3) is 0 Å². The molecule has 5 nitrogen and oxygen atoms in total. The second kappa shape index (κ2) is 9.13. The molecule has 2 heterocycles. The van der Waals surface area contributed by atoms with Crippen LogP contribution in [0.15, 0.2) is 60.9 Å². The zero-order chi connectivity index (χ0) is 22.8. The van der Waals surface area contributed by atoms with Crippen molar-refractivity contribution in [3.05, 3.63) is 88.7 Å². The maximum atomic E-state index is 11.5. The molecule has 1 aromatic heterocycles. The number of carboxylic acids is 1. The second-order valence-corrected chi connectivity index (χ2v) is 9.00. The Hall–Kier alpha value is -3.18. The van der Waals surface area contributed by atoms with E-state index < -0.39 is 5.97 Å². The van der Waals surface area contributed by atoms with E-state index in [0.717, 1.165) is 18.5 Å². The number of aromatic carboxylic acids is 1. The number of hydrogen-bond acceptors (Lipinski definition) is 4. The van der Waals surface area contributed by atoms with Gasteiger partial charge in [-0.1, -0.05) is 32.0 Å². The molecule has 0 spiro atoms. The summed E-state index contributed by atoms with van der Waals surface area (Å²) in [5.41, 5.74) is 7.51. The lowest BCUT2D eigenvalue weighted by Gasteiger charge is -2.22. The van der Waals surface area contributed by atoms with E-state index in [1.165, 1.54) is 28.1 Å². The Morgan fingerprint density at radius 1 is 1.16 bits per heavy atom. The van der Waals surface area contributed by atoms with Gasteiger partial charge < -0.3 is 10.0 Å². The van der Waals surface area contributed by atoms with E-state index in [1.807, 2.05) is 0 Å². The van der Waals surface area contributed by atoms with Crippen LogP contribution in [0.2, 0.25) is 0 Å². The highest BCUT2D eigenvalue weighted by atomic mass is 16.4. The highest BCUT2D eigenvalue weighted by Crippen LogP contribution is 2.38. The second-order valence-electron chi connectivity index (χ2n) is 9.00. The molecule has 2 aromatic carbocycles. The van der Waals surface area contributed by atoms with Crippen molar-refractivity contribution in [3.63, 3.8) is 0 Å². The van der Waals surface area contributed by atoms with E-state index in [-0.39, 0.29) is 6.04 Å². The predicted octanol–water partition coefficient (Wildman–Crippen LogP) is 5.79. The molecule has 0 fully saturated rings. The molecule has 0 saturated carbocycles. The van der Waals surface area contributed by atoms with E-state index in [4.69, 9.17) is 0 Å². The minimum atomic E-state index is -0.892.